The van der Waals surface area contributed by atoms with Crippen LogP contribution in [0.25, 0.3) is 6.08 Å². The molecule has 0 amide bonds. The number of quaternary nitrogens is 1. The van der Waals surface area contributed by atoms with Crippen molar-refractivity contribution in [3.63, 3.8) is 0 Å². The van der Waals surface area contributed by atoms with E-state index in [4.69, 9.17) is 4.74 Å². The van der Waals surface area contributed by atoms with Crippen molar-refractivity contribution < 1.29 is 23.2 Å². The van der Waals surface area contributed by atoms with E-state index < -0.39 is 16.1 Å². The molecule has 0 saturated carbocycles. The number of sulfonamides is 1. The number of hydrogen-bond acceptors (Lipinski definition) is 4. The molecule has 0 radical (unpaired) electrons. The highest BCUT2D eigenvalue weighted by atomic mass is 32.2. The molecule has 0 bridgehead atoms. The SMILES string of the molecule is O=S(=O)(/C=C/c1ccccc1)N1CC[NH+](C[C@H](O)COCc2ccccc2)CC1. The third-order valence-corrected chi connectivity index (χ3v) is 6.53. The normalized spacial score (nSPS) is 17.6. The van der Waals surface area contributed by atoms with Gasteiger partial charge in [0.15, 0.2) is 0 Å². The minimum atomic E-state index is -3.43. The average molecular weight is 418 g/mol. The van der Waals surface area contributed by atoms with Gasteiger partial charge < -0.3 is 14.7 Å². The largest absolute Gasteiger partial charge is 0.385 e. The predicted octanol–water partition coefficient (Wildman–Crippen LogP) is 0.765. The van der Waals surface area contributed by atoms with Gasteiger partial charge in [-0.1, -0.05) is 60.7 Å². The summed E-state index contributed by atoms with van der Waals surface area (Å²) in [7, 11) is -3.43. The monoisotopic (exact) mass is 417 g/mol. The van der Waals surface area contributed by atoms with Gasteiger partial charge in [0.2, 0.25) is 10.0 Å². The van der Waals surface area contributed by atoms with Crippen LogP contribution >= 0.6 is 0 Å². The van der Waals surface area contributed by atoms with Crippen LogP contribution in [0.5, 0.6) is 0 Å². The van der Waals surface area contributed by atoms with E-state index >= 15 is 0 Å². The van der Waals surface area contributed by atoms with Gasteiger partial charge in [-0.05, 0) is 17.2 Å². The summed E-state index contributed by atoms with van der Waals surface area (Å²) >= 11 is 0. The second kappa shape index (κ2) is 10.7. The highest BCUT2D eigenvalue weighted by Gasteiger charge is 2.28. The molecule has 0 aliphatic carbocycles. The molecule has 6 nitrogen and oxygen atoms in total. The molecular weight excluding hydrogens is 388 g/mol. The van der Waals surface area contributed by atoms with Crippen LogP contribution in [0.15, 0.2) is 66.1 Å². The molecule has 2 aromatic carbocycles. The predicted molar refractivity (Wildman–Crippen MR) is 114 cm³/mol. The van der Waals surface area contributed by atoms with Gasteiger partial charge in [0, 0.05) is 5.41 Å². The number of benzene rings is 2. The Balaban J connectivity index is 1.39. The third kappa shape index (κ3) is 7.06. The maximum atomic E-state index is 12.5. The fourth-order valence-electron chi connectivity index (χ4n) is 3.36. The zero-order valence-electron chi connectivity index (χ0n) is 16.5. The minimum Gasteiger partial charge on any atom is -0.385 e. The van der Waals surface area contributed by atoms with Crippen molar-refractivity contribution >= 4 is 16.1 Å². The number of aliphatic hydroxyl groups is 1. The van der Waals surface area contributed by atoms with Crippen LogP contribution < -0.4 is 4.90 Å². The lowest BCUT2D eigenvalue weighted by molar-refractivity contribution is -0.906. The molecule has 0 aromatic heterocycles. The molecule has 7 heteroatoms. The minimum absolute atomic E-state index is 0.278. The molecule has 1 atom stereocenters. The van der Waals surface area contributed by atoms with E-state index in [0.29, 0.717) is 39.3 Å². The molecule has 1 fully saturated rings. The first-order valence-electron chi connectivity index (χ1n) is 9.89. The second-order valence-electron chi connectivity index (χ2n) is 7.27. The summed E-state index contributed by atoms with van der Waals surface area (Å²) in [5, 5.41) is 11.5. The van der Waals surface area contributed by atoms with Crippen LogP contribution in [0.2, 0.25) is 0 Å². The Morgan fingerprint density at radius 2 is 1.66 bits per heavy atom. The van der Waals surface area contributed by atoms with Crippen molar-refractivity contribution in [3.8, 4) is 0 Å². The Hall–Kier alpha value is -2.03. The van der Waals surface area contributed by atoms with Gasteiger partial charge in [-0.3, -0.25) is 0 Å². The Bertz CT molecular complexity index is 864. The standard InChI is InChI=1S/C22H28N2O4S/c25-22(19-28-18-21-9-5-2-6-10-21)17-23-12-14-24(15-13-23)29(26,27)16-11-20-7-3-1-4-8-20/h1-11,16,22,25H,12-15,17-19H2/p+1/b16-11+/t22-/m0/s1. The quantitative estimate of drug-likeness (QED) is 0.632. The summed E-state index contributed by atoms with van der Waals surface area (Å²) in [5.41, 5.74) is 1.94. The fourth-order valence-corrected chi connectivity index (χ4v) is 4.55. The average Bonchev–Trinajstić information content (AvgIpc) is 2.74. The van der Waals surface area contributed by atoms with E-state index in [1.54, 1.807) is 6.08 Å². The highest BCUT2D eigenvalue weighted by molar-refractivity contribution is 7.92. The van der Waals surface area contributed by atoms with Gasteiger partial charge >= 0.3 is 0 Å². The molecule has 1 saturated heterocycles. The van der Waals surface area contributed by atoms with Crippen LogP contribution in [0.4, 0.5) is 0 Å². The van der Waals surface area contributed by atoms with E-state index in [0.717, 1.165) is 11.1 Å². The molecule has 2 aromatic rings. The number of aliphatic hydroxyl groups excluding tert-OH is 1. The van der Waals surface area contributed by atoms with Gasteiger partial charge in [0.25, 0.3) is 0 Å². The Morgan fingerprint density at radius 3 is 2.31 bits per heavy atom. The zero-order chi connectivity index (χ0) is 20.5. The smallest absolute Gasteiger partial charge is 0.236 e. The highest BCUT2D eigenvalue weighted by Crippen LogP contribution is 2.08. The van der Waals surface area contributed by atoms with Crippen molar-refractivity contribution in [3.05, 3.63) is 77.2 Å². The van der Waals surface area contributed by atoms with Crippen molar-refractivity contribution in [1.82, 2.24) is 4.31 Å². The lowest BCUT2D eigenvalue weighted by Crippen LogP contribution is -3.15. The van der Waals surface area contributed by atoms with Gasteiger partial charge in [-0.2, -0.15) is 4.31 Å². The van der Waals surface area contributed by atoms with Gasteiger partial charge in [-0.25, -0.2) is 8.42 Å². The van der Waals surface area contributed by atoms with Crippen molar-refractivity contribution in [1.29, 1.82) is 0 Å². The Labute approximate surface area is 173 Å². The maximum Gasteiger partial charge on any atom is 0.236 e. The molecule has 1 aliphatic heterocycles. The summed E-state index contributed by atoms with van der Waals surface area (Å²) < 4.78 is 32.2. The second-order valence-corrected chi connectivity index (χ2v) is 9.08. The molecule has 1 heterocycles. The van der Waals surface area contributed by atoms with Gasteiger partial charge in [0.1, 0.15) is 12.6 Å². The summed E-state index contributed by atoms with van der Waals surface area (Å²) in [6, 6.07) is 19.3. The molecule has 29 heavy (non-hydrogen) atoms. The van der Waals surface area contributed by atoms with Crippen molar-refractivity contribution in [2.45, 2.75) is 12.7 Å². The zero-order valence-corrected chi connectivity index (χ0v) is 17.3. The lowest BCUT2D eigenvalue weighted by Gasteiger charge is -2.31. The lowest BCUT2D eigenvalue weighted by atomic mass is 10.2. The maximum absolute atomic E-state index is 12.5. The molecule has 3 rings (SSSR count). The molecule has 2 N–H and O–H groups in total. The third-order valence-electron chi connectivity index (χ3n) is 4.97. The van der Waals surface area contributed by atoms with Crippen LogP contribution in [0, 0.1) is 0 Å². The van der Waals surface area contributed by atoms with Crippen LogP contribution in [0.1, 0.15) is 11.1 Å². The van der Waals surface area contributed by atoms with E-state index in [9.17, 15) is 13.5 Å². The number of rotatable bonds is 9. The Morgan fingerprint density at radius 1 is 1.03 bits per heavy atom. The summed E-state index contributed by atoms with van der Waals surface area (Å²) in [6.07, 6.45) is 1.07. The van der Waals surface area contributed by atoms with Gasteiger partial charge in [0.05, 0.1) is 39.4 Å². The summed E-state index contributed by atoms with van der Waals surface area (Å²) in [4.78, 5) is 1.19. The van der Waals surface area contributed by atoms with E-state index in [1.807, 2.05) is 60.7 Å². The fraction of sp³-hybridized carbons (Fsp3) is 0.364. The van der Waals surface area contributed by atoms with Crippen LogP contribution in [0.3, 0.4) is 0 Å². The number of nitrogens with one attached hydrogen (secondary N) is 1. The molecule has 156 valence electrons. The first-order chi connectivity index (χ1) is 14.0. The molecular formula is C22H29N2O4S+. The first-order valence-corrected chi connectivity index (χ1v) is 11.4. The summed E-state index contributed by atoms with van der Waals surface area (Å²) in [6.45, 7) is 3.57. The summed E-state index contributed by atoms with van der Waals surface area (Å²) in [5.74, 6) is 0. The van der Waals surface area contributed by atoms with Crippen molar-refractivity contribution in [2.24, 2.45) is 0 Å². The Kier molecular flexibility index (Phi) is 7.97. The molecule has 0 spiro atoms. The van der Waals surface area contributed by atoms with Crippen molar-refractivity contribution in [2.75, 3.05) is 39.3 Å². The van der Waals surface area contributed by atoms with Crippen LogP contribution in [-0.4, -0.2) is 63.3 Å². The van der Waals surface area contributed by atoms with E-state index in [1.165, 1.54) is 14.6 Å². The van der Waals surface area contributed by atoms with E-state index in [2.05, 4.69) is 0 Å². The number of hydrogen-bond donors (Lipinski definition) is 2. The first kappa shape index (κ1) is 21.7. The van der Waals surface area contributed by atoms with Crippen LogP contribution in [-0.2, 0) is 21.4 Å². The number of ether oxygens (including phenoxy) is 1. The number of nitrogens with zero attached hydrogens (tertiary/aromatic N) is 1. The van der Waals surface area contributed by atoms with Gasteiger partial charge in [-0.15, -0.1) is 0 Å². The number of piperazine rings is 1. The topological polar surface area (TPSA) is 71.3 Å². The molecule has 0 unspecified atom stereocenters. The van der Waals surface area contributed by atoms with E-state index in [-0.39, 0.29) is 6.61 Å². The molecule has 1 aliphatic rings.